The molecule has 2 aromatic carbocycles. The maximum Gasteiger partial charge on any atom is 0.210 e. The molecule has 0 aromatic heterocycles. The molecule has 4 atom stereocenters. The lowest BCUT2D eigenvalue weighted by molar-refractivity contribution is 0.216. The Labute approximate surface area is 180 Å². The first-order valence-corrected chi connectivity index (χ1v) is 10.5. The minimum atomic E-state index is -3.71. The van der Waals surface area contributed by atoms with Crippen LogP contribution in [-0.2, 0) is 21.6 Å². The van der Waals surface area contributed by atoms with E-state index in [1.54, 1.807) is 0 Å². The third-order valence-electron chi connectivity index (χ3n) is 3.72. The third kappa shape index (κ3) is 5.03. The Morgan fingerprint density at radius 2 is 0.970 bits per heavy atom. The molecule has 0 aliphatic heterocycles. The molecule has 0 radical (unpaired) electrons. The van der Waals surface area contributed by atoms with Gasteiger partial charge in [0.2, 0.25) is 17.1 Å². The number of halogens is 12. The molecule has 0 amide bonds. The Kier molecular flexibility index (Phi) is 8.22. The largest absolute Gasteiger partial charge is 0.255 e. The summed E-state index contributed by atoms with van der Waals surface area (Å²) in [5.74, 6) is -24.3. The highest BCUT2D eigenvalue weighted by Gasteiger charge is 2.38. The molecule has 0 aliphatic rings. The molecule has 2 rings (SSSR count). The van der Waals surface area contributed by atoms with Gasteiger partial charge in [0.25, 0.3) is 0 Å². The van der Waals surface area contributed by atoms with Crippen LogP contribution in [0.25, 0.3) is 0 Å². The van der Waals surface area contributed by atoms with Crippen LogP contribution in [-0.4, -0.2) is 19.0 Å². The molecule has 0 aliphatic carbocycles. The van der Waals surface area contributed by atoms with Crippen molar-refractivity contribution in [1.29, 1.82) is 0 Å². The Morgan fingerprint density at radius 3 is 1.39 bits per heavy atom. The van der Waals surface area contributed by atoms with E-state index in [1.807, 2.05) is 0 Å². The van der Waals surface area contributed by atoms with Crippen molar-refractivity contribution in [1.82, 2.24) is 0 Å². The molecule has 180 valence electrons. The molecule has 16 heteroatoms. The van der Waals surface area contributed by atoms with Crippen molar-refractivity contribution in [3.05, 3.63) is 69.3 Å². The van der Waals surface area contributed by atoms with Gasteiger partial charge in [-0.15, -0.1) is 0 Å². The second-order valence-corrected chi connectivity index (χ2v) is 8.80. The molecular formula is C17H4F12O2S2. The van der Waals surface area contributed by atoms with Crippen LogP contribution in [0.2, 0.25) is 0 Å². The van der Waals surface area contributed by atoms with Gasteiger partial charge in [-0.3, -0.25) is 4.21 Å². The van der Waals surface area contributed by atoms with Gasteiger partial charge in [-0.1, -0.05) is 0 Å². The van der Waals surface area contributed by atoms with E-state index in [-0.39, 0.29) is 0 Å². The summed E-state index contributed by atoms with van der Waals surface area (Å²) in [6, 6.07) is 0. The SMILES string of the molecule is O=S(C#Cc1c(F)c(F)c(F)c(F)c1F)CS(=O)C(F)C(F)c1c(F)c(F)c(F)c(F)c1F. The van der Waals surface area contributed by atoms with Gasteiger partial charge in [-0.25, -0.2) is 56.9 Å². The van der Waals surface area contributed by atoms with Crippen LogP contribution in [0.1, 0.15) is 17.3 Å². The molecule has 0 saturated carbocycles. The first-order valence-electron chi connectivity index (χ1n) is 7.80. The van der Waals surface area contributed by atoms with Crippen LogP contribution >= 0.6 is 0 Å². The zero-order valence-corrected chi connectivity index (χ0v) is 16.7. The van der Waals surface area contributed by atoms with Gasteiger partial charge in [-0.05, 0) is 5.92 Å². The Balaban J connectivity index is 2.27. The zero-order valence-electron chi connectivity index (χ0n) is 15.0. The molecule has 0 fully saturated rings. The molecule has 0 saturated heterocycles. The maximum atomic E-state index is 14.1. The Hall–Kier alpha value is -2.54. The van der Waals surface area contributed by atoms with E-state index in [9.17, 15) is 61.1 Å². The fraction of sp³-hybridized carbons (Fsp3) is 0.176. The molecular weight excluding hydrogens is 528 g/mol. The lowest BCUT2D eigenvalue weighted by Crippen LogP contribution is -2.23. The number of alkyl halides is 2. The summed E-state index contributed by atoms with van der Waals surface area (Å²) < 4.78 is 184. The number of hydrogen-bond acceptors (Lipinski definition) is 2. The summed E-state index contributed by atoms with van der Waals surface area (Å²) in [5.41, 5.74) is -7.59. The van der Waals surface area contributed by atoms with Crippen LogP contribution in [0.4, 0.5) is 52.7 Å². The van der Waals surface area contributed by atoms with Crippen molar-refractivity contribution < 1.29 is 61.1 Å². The standard InChI is InChI=1S/C17H4F12O2S2/c18-6-4(7(19)12(24)15(27)11(6)23)1-2-32(30)3-33(31)17(29)10(22)5-8(20)13(25)16(28)14(26)9(5)21/h10,17H,3H2. The summed E-state index contributed by atoms with van der Waals surface area (Å²) >= 11 is 0. The van der Waals surface area contributed by atoms with Gasteiger partial charge in [0.15, 0.2) is 52.7 Å². The fourth-order valence-electron chi connectivity index (χ4n) is 2.15. The summed E-state index contributed by atoms with van der Waals surface area (Å²) in [4.78, 5) is 0. The number of benzene rings is 2. The van der Waals surface area contributed by atoms with E-state index >= 15 is 0 Å². The molecule has 0 N–H and O–H groups in total. The van der Waals surface area contributed by atoms with Crippen LogP contribution in [0.3, 0.4) is 0 Å². The van der Waals surface area contributed by atoms with Gasteiger partial charge in [0.05, 0.1) is 16.4 Å². The predicted octanol–water partition coefficient (Wildman–Crippen LogP) is 4.85. The van der Waals surface area contributed by atoms with Crippen molar-refractivity contribution >= 4 is 21.6 Å². The van der Waals surface area contributed by atoms with Gasteiger partial charge in [0.1, 0.15) is 21.4 Å². The lowest BCUT2D eigenvalue weighted by atomic mass is 10.1. The van der Waals surface area contributed by atoms with Gasteiger partial charge >= 0.3 is 0 Å². The molecule has 0 spiro atoms. The van der Waals surface area contributed by atoms with Gasteiger partial charge < -0.3 is 0 Å². The fourth-order valence-corrected chi connectivity index (χ4v) is 4.37. The minimum Gasteiger partial charge on any atom is -0.255 e. The van der Waals surface area contributed by atoms with Crippen molar-refractivity contribution in [2.24, 2.45) is 0 Å². The molecule has 0 heterocycles. The normalized spacial score (nSPS) is 14.9. The smallest absolute Gasteiger partial charge is 0.210 e. The predicted molar refractivity (Wildman–Crippen MR) is 89.2 cm³/mol. The maximum absolute atomic E-state index is 14.1. The van der Waals surface area contributed by atoms with Crippen LogP contribution in [0.15, 0.2) is 0 Å². The lowest BCUT2D eigenvalue weighted by Gasteiger charge is -2.15. The number of rotatable bonds is 5. The van der Waals surface area contributed by atoms with Gasteiger partial charge in [0, 0.05) is 5.25 Å². The zero-order chi connectivity index (χ0) is 25.4. The minimum absolute atomic E-state index is 1.28. The Bertz CT molecular complexity index is 1180. The molecule has 4 unspecified atom stereocenters. The third-order valence-corrected chi connectivity index (χ3v) is 6.58. The molecule has 0 bridgehead atoms. The summed E-state index contributed by atoms with van der Waals surface area (Å²) in [6.07, 6.45) is -3.71. The van der Waals surface area contributed by atoms with E-state index in [0.717, 1.165) is 0 Å². The van der Waals surface area contributed by atoms with E-state index < -0.39 is 108 Å². The monoisotopic (exact) mass is 532 g/mol. The van der Waals surface area contributed by atoms with Gasteiger partial charge in [-0.2, -0.15) is 0 Å². The first-order chi connectivity index (χ1) is 15.2. The second kappa shape index (κ2) is 10.2. The molecule has 33 heavy (non-hydrogen) atoms. The molecule has 2 aromatic rings. The summed E-state index contributed by atoms with van der Waals surface area (Å²) in [7, 11) is -6.29. The topological polar surface area (TPSA) is 34.1 Å². The van der Waals surface area contributed by atoms with Crippen LogP contribution < -0.4 is 0 Å². The van der Waals surface area contributed by atoms with E-state index in [0.29, 0.717) is 0 Å². The van der Waals surface area contributed by atoms with E-state index in [2.05, 4.69) is 0 Å². The van der Waals surface area contributed by atoms with Crippen molar-refractivity contribution in [2.75, 3.05) is 5.08 Å². The van der Waals surface area contributed by atoms with Crippen molar-refractivity contribution in [3.63, 3.8) is 0 Å². The summed E-state index contributed by atoms with van der Waals surface area (Å²) in [5, 5.41) is -0.188. The highest BCUT2D eigenvalue weighted by Crippen LogP contribution is 2.34. The van der Waals surface area contributed by atoms with E-state index in [4.69, 9.17) is 0 Å². The average Bonchev–Trinajstić information content (AvgIpc) is 2.78. The quantitative estimate of drug-likeness (QED) is 0.239. The van der Waals surface area contributed by atoms with Crippen molar-refractivity contribution in [3.8, 4) is 11.2 Å². The Morgan fingerprint density at radius 1 is 0.606 bits per heavy atom. The van der Waals surface area contributed by atoms with Crippen LogP contribution in [0.5, 0.6) is 0 Å². The second-order valence-electron chi connectivity index (χ2n) is 5.75. The summed E-state index contributed by atoms with van der Waals surface area (Å²) in [6.45, 7) is 0. The highest BCUT2D eigenvalue weighted by molar-refractivity contribution is 8.04. The first kappa shape index (κ1) is 26.7. The van der Waals surface area contributed by atoms with E-state index in [1.165, 1.54) is 11.2 Å². The molecule has 2 nitrogen and oxygen atoms in total. The van der Waals surface area contributed by atoms with Crippen LogP contribution in [0, 0.1) is 69.3 Å². The highest BCUT2D eigenvalue weighted by atomic mass is 32.2. The number of hydrogen-bond donors (Lipinski definition) is 0. The average molecular weight is 532 g/mol. The van der Waals surface area contributed by atoms with Crippen molar-refractivity contribution in [2.45, 2.75) is 11.7 Å².